The van der Waals surface area contributed by atoms with Crippen molar-refractivity contribution in [1.29, 1.82) is 0 Å². The summed E-state index contributed by atoms with van der Waals surface area (Å²) in [6.45, 7) is 5.82. The fraction of sp³-hybridized carbons (Fsp3) is 0.792. The van der Waals surface area contributed by atoms with E-state index >= 15 is 0 Å². The predicted molar refractivity (Wildman–Crippen MR) is 117 cm³/mol. The summed E-state index contributed by atoms with van der Waals surface area (Å²) in [5.41, 5.74) is 0. The minimum absolute atomic E-state index is 0.000193. The first kappa shape index (κ1) is 25.9. The average molecular weight is 411 g/mol. The summed E-state index contributed by atoms with van der Waals surface area (Å²) in [6.07, 6.45) is 14.8. The van der Waals surface area contributed by atoms with E-state index in [0.717, 1.165) is 51.4 Å². The highest BCUT2D eigenvalue weighted by Gasteiger charge is 2.40. The highest BCUT2D eigenvalue weighted by atomic mass is 16.5. The van der Waals surface area contributed by atoms with Gasteiger partial charge in [-0.1, -0.05) is 50.8 Å². The Balaban J connectivity index is 2.46. The number of ether oxygens (including phenoxy) is 2. The lowest BCUT2D eigenvalue weighted by Crippen LogP contribution is -2.22. The van der Waals surface area contributed by atoms with Gasteiger partial charge >= 0.3 is 5.97 Å². The number of carbonyl (C=O) groups excluding carboxylic acids is 1. The zero-order chi connectivity index (χ0) is 21.6. The van der Waals surface area contributed by atoms with Crippen LogP contribution in [-0.4, -0.2) is 47.7 Å². The number of hydrogen-bond acceptors (Lipinski definition) is 5. The van der Waals surface area contributed by atoms with E-state index < -0.39 is 6.10 Å². The van der Waals surface area contributed by atoms with Gasteiger partial charge in [-0.3, -0.25) is 0 Å². The van der Waals surface area contributed by atoms with Gasteiger partial charge in [0.25, 0.3) is 0 Å². The first-order valence-electron chi connectivity index (χ1n) is 11.3. The number of methoxy groups -OCH3 is 1. The fourth-order valence-corrected chi connectivity index (χ4v) is 4.06. The highest BCUT2D eigenvalue weighted by Crippen LogP contribution is 2.38. The van der Waals surface area contributed by atoms with E-state index in [0.29, 0.717) is 6.42 Å². The summed E-state index contributed by atoms with van der Waals surface area (Å²) in [6, 6.07) is 0. The number of unbranched alkanes of at least 4 members (excludes halogenated alkanes) is 4. The molecule has 0 amide bonds. The molecule has 5 unspecified atom stereocenters. The molecule has 0 aliphatic heterocycles. The van der Waals surface area contributed by atoms with Crippen molar-refractivity contribution in [3.8, 4) is 0 Å². The zero-order valence-electron chi connectivity index (χ0n) is 18.8. The van der Waals surface area contributed by atoms with Gasteiger partial charge in [0.15, 0.2) is 0 Å². The molecule has 1 rings (SSSR count). The van der Waals surface area contributed by atoms with Gasteiger partial charge in [0, 0.05) is 25.5 Å². The van der Waals surface area contributed by atoms with Crippen LogP contribution in [0.1, 0.15) is 78.6 Å². The predicted octanol–water partition coefficient (Wildman–Crippen LogP) is 4.56. The number of rotatable bonds is 14. The van der Waals surface area contributed by atoms with Gasteiger partial charge in [0.1, 0.15) is 0 Å². The van der Waals surface area contributed by atoms with Gasteiger partial charge in [-0.05, 0) is 45.4 Å². The SMILES string of the molecule is CCCCCC(O)C=CC1C(OC)CC(O)C1CCCCC=CC(=O)OC(C)C. The van der Waals surface area contributed by atoms with E-state index in [1.165, 1.54) is 6.08 Å². The van der Waals surface area contributed by atoms with Crippen LogP contribution in [0.3, 0.4) is 0 Å². The standard InChI is InChI=1S/C24H42O5/c1-5-6-9-12-19(25)15-16-21-20(22(26)17-23(21)28-4)13-10-7-8-11-14-24(27)29-18(2)3/h11,14-16,18-23,25-26H,5-10,12-13,17H2,1-4H3. The number of hydrogen-bond donors (Lipinski definition) is 2. The lowest BCUT2D eigenvalue weighted by atomic mass is 9.88. The minimum atomic E-state index is -0.423. The Labute approximate surface area is 177 Å². The molecule has 5 nitrogen and oxygen atoms in total. The summed E-state index contributed by atoms with van der Waals surface area (Å²) in [5.74, 6) is -0.0156. The second kappa shape index (κ2) is 14.8. The fourth-order valence-electron chi connectivity index (χ4n) is 4.06. The molecule has 5 atom stereocenters. The second-order valence-electron chi connectivity index (χ2n) is 8.44. The van der Waals surface area contributed by atoms with E-state index in [2.05, 4.69) is 13.0 Å². The summed E-state index contributed by atoms with van der Waals surface area (Å²) >= 11 is 0. The number of esters is 1. The third-order valence-corrected chi connectivity index (χ3v) is 5.62. The Hall–Kier alpha value is -1.17. The Morgan fingerprint density at radius 3 is 2.62 bits per heavy atom. The maximum absolute atomic E-state index is 11.5. The molecule has 0 aromatic rings. The van der Waals surface area contributed by atoms with Crippen LogP contribution in [0, 0.1) is 11.8 Å². The van der Waals surface area contributed by atoms with Gasteiger partial charge in [-0.2, -0.15) is 0 Å². The molecule has 2 N–H and O–H groups in total. The van der Waals surface area contributed by atoms with Crippen molar-refractivity contribution in [3.05, 3.63) is 24.3 Å². The lowest BCUT2D eigenvalue weighted by molar-refractivity contribution is -0.141. The highest BCUT2D eigenvalue weighted by molar-refractivity contribution is 5.81. The summed E-state index contributed by atoms with van der Waals surface area (Å²) in [7, 11) is 1.69. The molecular weight excluding hydrogens is 368 g/mol. The van der Waals surface area contributed by atoms with E-state index in [1.54, 1.807) is 7.11 Å². The Bertz CT molecular complexity index is 499. The Morgan fingerprint density at radius 2 is 1.97 bits per heavy atom. The molecule has 1 saturated carbocycles. The third-order valence-electron chi connectivity index (χ3n) is 5.62. The number of aliphatic hydroxyl groups is 2. The molecule has 0 saturated heterocycles. The van der Waals surface area contributed by atoms with Gasteiger partial charge in [-0.15, -0.1) is 0 Å². The molecule has 0 heterocycles. The van der Waals surface area contributed by atoms with E-state index in [1.807, 2.05) is 26.0 Å². The van der Waals surface area contributed by atoms with Crippen LogP contribution in [0.15, 0.2) is 24.3 Å². The van der Waals surface area contributed by atoms with Gasteiger partial charge < -0.3 is 19.7 Å². The van der Waals surface area contributed by atoms with Crippen LogP contribution in [-0.2, 0) is 14.3 Å². The normalized spacial score (nSPS) is 26.0. The molecule has 0 spiro atoms. The number of carbonyl (C=O) groups is 1. The molecule has 1 aliphatic carbocycles. The van der Waals surface area contributed by atoms with Crippen molar-refractivity contribution in [2.75, 3.05) is 7.11 Å². The molecule has 29 heavy (non-hydrogen) atoms. The van der Waals surface area contributed by atoms with Crippen LogP contribution in [0.2, 0.25) is 0 Å². The van der Waals surface area contributed by atoms with Crippen molar-refractivity contribution < 1.29 is 24.5 Å². The average Bonchev–Trinajstić information content (AvgIpc) is 2.97. The monoisotopic (exact) mass is 410 g/mol. The summed E-state index contributed by atoms with van der Waals surface area (Å²) < 4.78 is 10.7. The lowest BCUT2D eigenvalue weighted by Gasteiger charge is -2.22. The second-order valence-corrected chi connectivity index (χ2v) is 8.44. The Kier molecular flexibility index (Phi) is 13.2. The molecule has 5 heteroatoms. The zero-order valence-corrected chi connectivity index (χ0v) is 18.8. The molecule has 0 aromatic heterocycles. The minimum Gasteiger partial charge on any atom is -0.460 e. The van der Waals surface area contributed by atoms with Crippen LogP contribution in [0.5, 0.6) is 0 Å². The van der Waals surface area contributed by atoms with Crippen molar-refractivity contribution in [2.24, 2.45) is 11.8 Å². The van der Waals surface area contributed by atoms with E-state index in [4.69, 9.17) is 9.47 Å². The van der Waals surface area contributed by atoms with Crippen LogP contribution >= 0.6 is 0 Å². The topological polar surface area (TPSA) is 76.0 Å². The number of allylic oxidation sites excluding steroid dienone is 1. The number of aliphatic hydroxyl groups excluding tert-OH is 2. The molecule has 0 bridgehead atoms. The molecule has 168 valence electrons. The quantitative estimate of drug-likeness (QED) is 0.190. The van der Waals surface area contributed by atoms with Crippen molar-refractivity contribution in [3.63, 3.8) is 0 Å². The van der Waals surface area contributed by atoms with Crippen LogP contribution in [0.25, 0.3) is 0 Å². The van der Waals surface area contributed by atoms with E-state index in [9.17, 15) is 15.0 Å². The summed E-state index contributed by atoms with van der Waals surface area (Å²) in [4.78, 5) is 11.5. The van der Waals surface area contributed by atoms with Gasteiger partial charge in [-0.25, -0.2) is 4.79 Å². The molecule has 1 aliphatic rings. The third kappa shape index (κ3) is 10.4. The maximum atomic E-state index is 11.5. The maximum Gasteiger partial charge on any atom is 0.330 e. The first-order chi connectivity index (χ1) is 13.9. The molecule has 1 fully saturated rings. The Morgan fingerprint density at radius 1 is 1.21 bits per heavy atom. The smallest absolute Gasteiger partial charge is 0.330 e. The summed E-state index contributed by atoms with van der Waals surface area (Å²) in [5, 5.41) is 20.7. The van der Waals surface area contributed by atoms with Crippen LogP contribution < -0.4 is 0 Å². The first-order valence-corrected chi connectivity index (χ1v) is 11.3. The molecular formula is C24H42O5. The molecule has 0 radical (unpaired) electrons. The van der Waals surface area contributed by atoms with Crippen molar-refractivity contribution >= 4 is 5.97 Å². The van der Waals surface area contributed by atoms with Crippen molar-refractivity contribution in [2.45, 2.75) is 103 Å². The van der Waals surface area contributed by atoms with E-state index in [-0.39, 0.29) is 36.1 Å². The van der Waals surface area contributed by atoms with Crippen molar-refractivity contribution in [1.82, 2.24) is 0 Å². The molecule has 0 aromatic carbocycles. The van der Waals surface area contributed by atoms with Gasteiger partial charge in [0.2, 0.25) is 0 Å². The van der Waals surface area contributed by atoms with Gasteiger partial charge in [0.05, 0.1) is 24.4 Å². The largest absolute Gasteiger partial charge is 0.460 e. The van der Waals surface area contributed by atoms with Crippen LogP contribution in [0.4, 0.5) is 0 Å².